The first-order valence-electron chi connectivity index (χ1n) is 13.7. The zero-order valence-electron chi connectivity index (χ0n) is 24.1. The summed E-state index contributed by atoms with van der Waals surface area (Å²) in [5, 5.41) is 11.6. The topological polar surface area (TPSA) is 79.3 Å². The largest absolute Gasteiger partial charge is 0.507 e. The average Bonchev–Trinajstić information content (AvgIpc) is 3.22. The molecule has 0 aliphatic carbocycles. The number of aliphatic hydroxyl groups excluding tert-OH is 1. The molecule has 0 radical (unpaired) electrons. The molecule has 40 heavy (non-hydrogen) atoms. The van der Waals surface area contributed by atoms with Gasteiger partial charge in [0, 0.05) is 24.3 Å². The molecule has 3 aromatic carbocycles. The minimum absolute atomic E-state index is 0.0294. The van der Waals surface area contributed by atoms with Crippen LogP contribution in [0.5, 0.6) is 11.5 Å². The first-order chi connectivity index (χ1) is 19.2. The highest BCUT2D eigenvalue weighted by molar-refractivity contribution is 6.52. The van der Waals surface area contributed by atoms with Crippen LogP contribution in [0.2, 0.25) is 0 Å². The van der Waals surface area contributed by atoms with Gasteiger partial charge < -0.3 is 19.5 Å². The van der Waals surface area contributed by atoms with Gasteiger partial charge in [-0.2, -0.15) is 0 Å². The van der Waals surface area contributed by atoms with Gasteiger partial charge in [-0.3, -0.25) is 14.5 Å². The van der Waals surface area contributed by atoms with Crippen LogP contribution in [-0.2, 0) is 9.59 Å². The first-order valence-corrected chi connectivity index (χ1v) is 13.7. The Morgan fingerprint density at radius 1 is 0.975 bits per heavy atom. The maximum atomic E-state index is 13.6. The van der Waals surface area contributed by atoms with Crippen molar-refractivity contribution in [2.24, 2.45) is 5.92 Å². The van der Waals surface area contributed by atoms with E-state index in [1.165, 1.54) is 12.0 Å². The molecule has 0 saturated carbocycles. The highest BCUT2D eigenvalue weighted by atomic mass is 16.5. The number of nitrogens with zero attached hydrogens (tertiary/aromatic N) is 2. The van der Waals surface area contributed by atoms with E-state index in [0.717, 1.165) is 24.3 Å². The maximum Gasteiger partial charge on any atom is 0.300 e. The van der Waals surface area contributed by atoms with E-state index in [4.69, 9.17) is 9.47 Å². The minimum atomic E-state index is -0.848. The number of para-hydroxylation sites is 2. The predicted octanol–water partition coefficient (Wildman–Crippen LogP) is 6.51. The van der Waals surface area contributed by atoms with Crippen LogP contribution in [0.1, 0.15) is 50.4 Å². The fourth-order valence-electron chi connectivity index (χ4n) is 5.05. The molecule has 0 spiro atoms. The van der Waals surface area contributed by atoms with Crippen LogP contribution in [0.15, 0.2) is 72.3 Å². The second-order valence-corrected chi connectivity index (χ2v) is 10.3. The number of ether oxygens (including phenoxy) is 2. The van der Waals surface area contributed by atoms with E-state index < -0.39 is 17.7 Å². The number of Topliss-reactive ketones (excluding diaryl/α,β-unsaturated/α-hetero) is 1. The molecular weight excluding hydrogens is 504 g/mol. The van der Waals surface area contributed by atoms with E-state index in [0.29, 0.717) is 40.8 Å². The van der Waals surface area contributed by atoms with Gasteiger partial charge in [-0.05, 0) is 80.3 Å². The summed E-state index contributed by atoms with van der Waals surface area (Å²) in [6.45, 7) is 12.5. The number of carbonyl (C=O) groups is 2. The third-order valence-corrected chi connectivity index (χ3v) is 7.15. The van der Waals surface area contributed by atoms with Crippen LogP contribution in [0.3, 0.4) is 0 Å². The monoisotopic (exact) mass is 542 g/mol. The van der Waals surface area contributed by atoms with Crippen molar-refractivity contribution in [2.75, 3.05) is 36.6 Å². The number of carbonyl (C=O) groups excluding carboxylic acids is 2. The molecule has 1 saturated heterocycles. The molecule has 1 unspecified atom stereocenters. The van der Waals surface area contributed by atoms with Crippen molar-refractivity contribution in [3.05, 3.63) is 89.0 Å². The van der Waals surface area contributed by atoms with Crippen molar-refractivity contribution in [3.63, 3.8) is 0 Å². The third kappa shape index (κ3) is 5.55. The Kier molecular flexibility index (Phi) is 8.83. The van der Waals surface area contributed by atoms with Gasteiger partial charge in [-0.1, -0.05) is 38.1 Å². The summed E-state index contributed by atoms with van der Waals surface area (Å²) in [5.41, 5.74) is 3.49. The van der Waals surface area contributed by atoms with Crippen molar-refractivity contribution in [1.29, 1.82) is 0 Å². The van der Waals surface area contributed by atoms with Gasteiger partial charge >= 0.3 is 0 Å². The predicted molar refractivity (Wildman–Crippen MR) is 159 cm³/mol. The maximum absolute atomic E-state index is 13.6. The SMILES string of the molecule is CCN(CC)c1ccc(C2/C(=C(/O)c3ccc(OCC(C)C)c(C)c3)C(=O)C(=O)N2c2ccccc2OC)cc1. The van der Waals surface area contributed by atoms with Gasteiger partial charge in [0.15, 0.2) is 0 Å². The van der Waals surface area contributed by atoms with Crippen molar-refractivity contribution in [2.45, 2.75) is 40.7 Å². The molecule has 3 aromatic rings. The lowest BCUT2D eigenvalue weighted by atomic mass is 9.94. The number of aryl methyl sites for hydroxylation is 1. The van der Waals surface area contributed by atoms with Gasteiger partial charge in [0.25, 0.3) is 11.7 Å². The Hall–Kier alpha value is -4.26. The van der Waals surface area contributed by atoms with E-state index in [1.807, 2.05) is 31.2 Å². The van der Waals surface area contributed by atoms with Gasteiger partial charge in [-0.25, -0.2) is 0 Å². The number of ketones is 1. The molecule has 4 rings (SSSR count). The summed E-state index contributed by atoms with van der Waals surface area (Å²) in [6.07, 6.45) is 0. The quantitative estimate of drug-likeness (QED) is 0.179. The lowest BCUT2D eigenvalue weighted by molar-refractivity contribution is -0.132. The van der Waals surface area contributed by atoms with Crippen LogP contribution in [-0.4, -0.2) is 43.6 Å². The molecule has 1 aliphatic heterocycles. The number of methoxy groups -OCH3 is 1. The van der Waals surface area contributed by atoms with Crippen LogP contribution < -0.4 is 19.3 Å². The highest BCUT2D eigenvalue weighted by Gasteiger charge is 2.47. The number of aliphatic hydroxyl groups is 1. The van der Waals surface area contributed by atoms with Crippen LogP contribution in [0.25, 0.3) is 5.76 Å². The molecule has 7 heteroatoms. The number of hydrogen-bond acceptors (Lipinski definition) is 6. The van der Waals surface area contributed by atoms with E-state index in [-0.39, 0.29) is 11.3 Å². The molecular formula is C33H38N2O5. The number of anilines is 2. The summed E-state index contributed by atoms with van der Waals surface area (Å²) < 4.78 is 11.4. The lowest BCUT2D eigenvalue weighted by Crippen LogP contribution is -2.30. The Bertz CT molecular complexity index is 1410. The Morgan fingerprint density at radius 3 is 2.25 bits per heavy atom. The fraction of sp³-hybridized carbons (Fsp3) is 0.333. The molecule has 1 N–H and O–H groups in total. The highest BCUT2D eigenvalue weighted by Crippen LogP contribution is 2.45. The molecule has 1 heterocycles. The molecule has 1 amide bonds. The second kappa shape index (κ2) is 12.3. The lowest BCUT2D eigenvalue weighted by Gasteiger charge is -2.27. The van der Waals surface area contributed by atoms with E-state index in [1.54, 1.807) is 42.5 Å². The smallest absolute Gasteiger partial charge is 0.300 e. The normalized spacial score (nSPS) is 16.5. The van der Waals surface area contributed by atoms with E-state index in [2.05, 4.69) is 32.6 Å². The zero-order valence-corrected chi connectivity index (χ0v) is 24.1. The molecule has 1 aliphatic rings. The standard InChI is InChI=1S/C33H38N2O5/c1-7-34(8-2)25-16-13-23(14-17-25)30-29(31(36)24-15-18-27(22(5)19-24)40-20-21(3)4)32(37)33(38)35(30)26-11-9-10-12-28(26)39-6/h9-19,21,30,36H,7-8,20H2,1-6H3/b31-29-. The van der Waals surface area contributed by atoms with E-state index >= 15 is 0 Å². The number of hydrogen-bond donors (Lipinski definition) is 1. The van der Waals surface area contributed by atoms with Crippen molar-refractivity contribution < 1.29 is 24.2 Å². The van der Waals surface area contributed by atoms with Gasteiger partial charge in [0.05, 0.1) is 31.0 Å². The number of amides is 1. The van der Waals surface area contributed by atoms with Crippen molar-refractivity contribution in [1.82, 2.24) is 0 Å². The summed E-state index contributed by atoms with van der Waals surface area (Å²) in [4.78, 5) is 30.8. The minimum Gasteiger partial charge on any atom is -0.507 e. The fourth-order valence-corrected chi connectivity index (χ4v) is 5.05. The molecule has 7 nitrogen and oxygen atoms in total. The van der Waals surface area contributed by atoms with Crippen molar-refractivity contribution >= 4 is 28.8 Å². The molecule has 210 valence electrons. The third-order valence-electron chi connectivity index (χ3n) is 7.15. The van der Waals surface area contributed by atoms with Gasteiger partial charge in [0.1, 0.15) is 17.3 Å². The molecule has 0 aromatic heterocycles. The Morgan fingerprint density at radius 2 is 1.65 bits per heavy atom. The first kappa shape index (κ1) is 28.7. The molecule has 1 fully saturated rings. The number of rotatable bonds is 10. The number of benzene rings is 3. The van der Waals surface area contributed by atoms with Gasteiger partial charge in [-0.15, -0.1) is 0 Å². The van der Waals surface area contributed by atoms with Crippen molar-refractivity contribution in [3.8, 4) is 11.5 Å². The summed E-state index contributed by atoms with van der Waals surface area (Å²) >= 11 is 0. The Balaban J connectivity index is 1.87. The zero-order chi connectivity index (χ0) is 29.0. The summed E-state index contributed by atoms with van der Waals surface area (Å²) in [5.74, 6) is -0.171. The second-order valence-electron chi connectivity index (χ2n) is 10.3. The molecule has 1 atom stereocenters. The Labute approximate surface area is 236 Å². The average molecular weight is 543 g/mol. The van der Waals surface area contributed by atoms with Gasteiger partial charge in [0.2, 0.25) is 0 Å². The van der Waals surface area contributed by atoms with Crippen LogP contribution in [0, 0.1) is 12.8 Å². The summed E-state index contributed by atoms with van der Waals surface area (Å²) in [7, 11) is 1.52. The van der Waals surface area contributed by atoms with Crippen LogP contribution >= 0.6 is 0 Å². The van der Waals surface area contributed by atoms with E-state index in [9.17, 15) is 14.7 Å². The summed E-state index contributed by atoms with van der Waals surface area (Å²) in [6, 6.07) is 19.3. The van der Waals surface area contributed by atoms with Crippen LogP contribution in [0.4, 0.5) is 11.4 Å². The molecule has 0 bridgehead atoms.